The van der Waals surface area contributed by atoms with Crippen molar-refractivity contribution in [2.75, 3.05) is 0 Å². The Balaban J connectivity index is 3.15. The molecule has 0 aromatic heterocycles. The minimum atomic E-state index is -1.19. The zero-order valence-corrected chi connectivity index (χ0v) is 9.00. The van der Waals surface area contributed by atoms with Gasteiger partial charge in [0.1, 0.15) is 5.92 Å². The van der Waals surface area contributed by atoms with Gasteiger partial charge < -0.3 is 0 Å². The van der Waals surface area contributed by atoms with Crippen molar-refractivity contribution in [1.82, 2.24) is 0 Å². The molecule has 4 heteroatoms. The van der Waals surface area contributed by atoms with Crippen LogP contribution in [0.25, 0.3) is 0 Å². The molecule has 0 aliphatic carbocycles. The van der Waals surface area contributed by atoms with Crippen LogP contribution in [-0.4, -0.2) is 5.78 Å². The molecular weight excluding hydrogens is 212 g/mol. The lowest BCUT2D eigenvalue weighted by Gasteiger charge is -2.12. The molecular formula is C12H11F2NO. The zero-order valence-electron chi connectivity index (χ0n) is 9.00. The van der Waals surface area contributed by atoms with Crippen LogP contribution < -0.4 is 0 Å². The van der Waals surface area contributed by atoms with Crippen molar-refractivity contribution in [3.05, 3.63) is 35.4 Å². The second-order valence-corrected chi connectivity index (χ2v) is 3.82. The lowest BCUT2D eigenvalue weighted by molar-refractivity contribution is 0.0919. The second-order valence-electron chi connectivity index (χ2n) is 3.82. The number of halogens is 2. The molecule has 0 radical (unpaired) electrons. The van der Waals surface area contributed by atoms with Gasteiger partial charge in [-0.3, -0.25) is 4.79 Å². The molecule has 0 spiro atoms. The van der Waals surface area contributed by atoms with E-state index in [0.717, 1.165) is 6.07 Å². The number of hydrogen-bond acceptors (Lipinski definition) is 2. The Hall–Kier alpha value is -1.76. The van der Waals surface area contributed by atoms with Gasteiger partial charge >= 0.3 is 0 Å². The van der Waals surface area contributed by atoms with Gasteiger partial charge in [0.2, 0.25) is 0 Å². The van der Waals surface area contributed by atoms with E-state index in [-0.39, 0.29) is 11.5 Å². The van der Waals surface area contributed by atoms with E-state index in [1.54, 1.807) is 13.8 Å². The van der Waals surface area contributed by atoms with Gasteiger partial charge in [0.25, 0.3) is 0 Å². The minimum Gasteiger partial charge on any atom is -0.293 e. The lowest BCUT2D eigenvalue weighted by Crippen LogP contribution is -2.20. The highest BCUT2D eigenvalue weighted by molar-refractivity contribution is 5.99. The number of nitrogens with zero attached hydrogens (tertiary/aromatic N) is 1. The molecule has 0 aliphatic rings. The summed E-state index contributed by atoms with van der Waals surface area (Å²) in [4.78, 5) is 11.8. The van der Waals surface area contributed by atoms with Gasteiger partial charge in [0.05, 0.1) is 11.6 Å². The van der Waals surface area contributed by atoms with Crippen molar-refractivity contribution in [2.24, 2.45) is 11.8 Å². The van der Waals surface area contributed by atoms with Gasteiger partial charge in [-0.05, 0) is 18.1 Å². The summed E-state index contributed by atoms with van der Waals surface area (Å²) in [5.74, 6) is -4.12. The molecule has 0 bridgehead atoms. The number of ketones is 1. The fraction of sp³-hybridized carbons (Fsp3) is 0.333. The van der Waals surface area contributed by atoms with Crippen LogP contribution >= 0.6 is 0 Å². The summed E-state index contributed by atoms with van der Waals surface area (Å²) in [7, 11) is 0. The molecule has 1 unspecified atom stereocenters. The molecule has 0 N–H and O–H groups in total. The predicted octanol–water partition coefficient (Wildman–Crippen LogP) is 2.94. The van der Waals surface area contributed by atoms with E-state index in [9.17, 15) is 13.6 Å². The third kappa shape index (κ3) is 2.25. The Morgan fingerprint density at radius 3 is 2.50 bits per heavy atom. The largest absolute Gasteiger partial charge is 0.293 e. The van der Waals surface area contributed by atoms with E-state index in [1.165, 1.54) is 12.1 Å². The van der Waals surface area contributed by atoms with Crippen LogP contribution in [0.2, 0.25) is 0 Å². The fourth-order valence-corrected chi connectivity index (χ4v) is 1.37. The van der Waals surface area contributed by atoms with Gasteiger partial charge in [-0.25, -0.2) is 8.78 Å². The Morgan fingerprint density at radius 1 is 1.38 bits per heavy atom. The highest BCUT2D eigenvalue weighted by Gasteiger charge is 2.26. The van der Waals surface area contributed by atoms with E-state index in [4.69, 9.17) is 5.26 Å². The van der Waals surface area contributed by atoms with E-state index in [2.05, 4.69) is 0 Å². The number of carbonyl (C=O) groups excluding carboxylic acids is 1. The van der Waals surface area contributed by atoms with E-state index < -0.39 is 23.3 Å². The number of benzene rings is 1. The molecule has 16 heavy (non-hydrogen) atoms. The first kappa shape index (κ1) is 12.3. The maximum absolute atomic E-state index is 13.3. The summed E-state index contributed by atoms with van der Waals surface area (Å²) in [5, 5.41) is 8.80. The molecule has 1 atom stereocenters. The van der Waals surface area contributed by atoms with Crippen LogP contribution in [0, 0.1) is 34.8 Å². The van der Waals surface area contributed by atoms with Crippen molar-refractivity contribution >= 4 is 5.78 Å². The smallest absolute Gasteiger partial charge is 0.183 e. The second kappa shape index (κ2) is 4.84. The standard InChI is InChI=1S/C12H11F2NO/c1-7(2)9(6-15)12(16)8-4-3-5-10(13)11(8)14/h3-5,7,9H,1-2H3. The third-order valence-electron chi connectivity index (χ3n) is 2.31. The summed E-state index contributed by atoms with van der Waals surface area (Å²) in [6, 6.07) is 5.18. The molecule has 0 saturated carbocycles. The molecule has 0 heterocycles. The fourth-order valence-electron chi connectivity index (χ4n) is 1.37. The van der Waals surface area contributed by atoms with Gasteiger partial charge in [-0.15, -0.1) is 0 Å². The number of rotatable bonds is 3. The van der Waals surface area contributed by atoms with Gasteiger partial charge in [0, 0.05) is 0 Å². The summed E-state index contributed by atoms with van der Waals surface area (Å²) >= 11 is 0. The molecule has 2 nitrogen and oxygen atoms in total. The average molecular weight is 223 g/mol. The van der Waals surface area contributed by atoms with Crippen molar-refractivity contribution in [2.45, 2.75) is 13.8 Å². The number of hydrogen-bond donors (Lipinski definition) is 0. The van der Waals surface area contributed by atoms with Gasteiger partial charge in [-0.2, -0.15) is 5.26 Å². The maximum Gasteiger partial charge on any atom is 0.183 e. The van der Waals surface area contributed by atoms with E-state index in [0.29, 0.717) is 0 Å². The topological polar surface area (TPSA) is 40.9 Å². The number of Topliss-reactive ketones (excluding diaryl/α,β-unsaturated/α-hetero) is 1. The number of nitriles is 1. The first-order valence-corrected chi connectivity index (χ1v) is 4.87. The third-order valence-corrected chi connectivity index (χ3v) is 2.31. The zero-order chi connectivity index (χ0) is 12.3. The Morgan fingerprint density at radius 2 is 2.00 bits per heavy atom. The van der Waals surface area contributed by atoms with Crippen molar-refractivity contribution in [3.8, 4) is 6.07 Å². The maximum atomic E-state index is 13.3. The normalized spacial score (nSPS) is 12.2. The average Bonchev–Trinajstić information content (AvgIpc) is 2.22. The van der Waals surface area contributed by atoms with Crippen LogP contribution in [0.1, 0.15) is 24.2 Å². The van der Waals surface area contributed by atoms with Crippen LogP contribution in [0.15, 0.2) is 18.2 Å². The van der Waals surface area contributed by atoms with Crippen molar-refractivity contribution < 1.29 is 13.6 Å². The van der Waals surface area contributed by atoms with Crippen molar-refractivity contribution in [1.29, 1.82) is 5.26 Å². The Labute approximate surface area is 92.5 Å². The molecule has 84 valence electrons. The first-order valence-electron chi connectivity index (χ1n) is 4.87. The monoisotopic (exact) mass is 223 g/mol. The highest BCUT2D eigenvalue weighted by Crippen LogP contribution is 2.20. The first-order chi connectivity index (χ1) is 7.49. The number of carbonyl (C=O) groups is 1. The SMILES string of the molecule is CC(C)C(C#N)C(=O)c1cccc(F)c1F. The van der Waals surface area contributed by atoms with Gasteiger partial charge in [-0.1, -0.05) is 19.9 Å². The molecule has 1 aromatic carbocycles. The van der Waals surface area contributed by atoms with Gasteiger partial charge in [0.15, 0.2) is 17.4 Å². The van der Waals surface area contributed by atoms with Crippen LogP contribution in [0.5, 0.6) is 0 Å². The van der Waals surface area contributed by atoms with E-state index in [1.807, 2.05) is 6.07 Å². The lowest BCUT2D eigenvalue weighted by atomic mass is 9.89. The minimum absolute atomic E-state index is 0.236. The van der Waals surface area contributed by atoms with Crippen LogP contribution in [0.4, 0.5) is 8.78 Å². The molecule has 0 saturated heterocycles. The molecule has 1 rings (SSSR count). The summed E-state index contributed by atoms with van der Waals surface area (Å²) in [6.45, 7) is 3.37. The summed E-state index contributed by atoms with van der Waals surface area (Å²) in [5.41, 5.74) is -0.361. The van der Waals surface area contributed by atoms with Crippen LogP contribution in [-0.2, 0) is 0 Å². The Kier molecular flexibility index (Phi) is 3.73. The Bertz CT molecular complexity index is 449. The molecule has 0 amide bonds. The molecule has 0 fully saturated rings. The van der Waals surface area contributed by atoms with Crippen LogP contribution in [0.3, 0.4) is 0 Å². The molecule has 1 aromatic rings. The van der Waals surface area contributed by atoms with Crippen molar-refractivity contribution in [3.63, 3.8) is 0 Å². The predicted molar refractivity (Wildman–Crippen MR) is 54.6 cm³/mol. The summed E-state index contributed by atoms with van der Waals surface area (Å²) < 4.78 is 26.2. The molecule has 0 aliphatic heterocycles. The summed E-state index contributed by atoms with van der Waals surface area (Å²) in [6.07, 6.45) is 0. The highest BCUT2D eigenvalue weighted by atomic mass is 19.2. The quantitative estimate of drug-likeness (QED) is 0.739. The van der Waals surface area contributed by atoms with E-state index >= 15 is 0 Å².